The molecule has 100 valence electrons. The smallest absolute Gasteiger partial charge is 0.220 e. The summed E-state index contributed by atoms with van der Waals surface area (Å²) in [4.78, 5) is 11.9. The first kappa shape index (κ1) is 13.6. The Morgan fingerprint density at radius 3 is 3.17 bits per heavy atom. The van der Waals surface area contributed by atoms with Crippen LogP contribution in [0.1, 0.15) is 50.6 Å². The lowest BCUT2D eigenvalue weighted by Crippen LogP contribution is -2.35. The molecular formula is C14H22N2OS. The van der Waals surface area contributed by atoms with Crippen molar-refractivity contribution in [2.45, 2.75) is 51.1 Å². The van der Waals surface area contributed by atoms with Crippen molar-refractivity contribution in [2.24, 2.45) is 0 Å². The number of hydrogen-bond donors (Lipinski definition) is 2. The van der Waals surface area contributed by atoms with Gasteiger partial charge in [-0.25, -0.2) is 0 Å². The Morgan fingerprint density at radius 2 is 2.50 bits per heavy atom. The average Bonchev–Trinajstić information content (AvgIpc) is 2.91. The molecule has 2 heterocycles. The van der Waals surface area contributed by atoms with Crippen LogP contribution in [0.4, 0.5) is 0 Å². The van der Waals surface area contributed by atoms with Crippen molar-refractivity contribution in [1.29, 1.82) is 0 Å². The number of rotatable bonds is 5. The summed E-state index contributed by atoms with van der Waals surface area (Å²) in [5, 5.41) is 10.7. The van der Waals surface area contributed by atoms with Crippen LogP contribution in [0, 0.1) is 0 Å². The SMILES string of the molecule is CC(NC(=O)CCC1CCCCN1)c1ccsc1. The monoisotopic (exact) mass is 266 g/mol. The van der Waals surface area contributed by atoms with Gasteiger partial charge >= 0.3 is 0 Å². The van der Waals surface area contributed by atoms with Crippen LogP contribution in [-0.4, -0.2) is 18.5 Å². The number of thiophene rings is 1. The molecule has 0 bridgehead atoms. The van der Waals surface area contributed by atoms with Gasteiger partial charge in [0.1, 0.15) is 0 Å². The summed E-state index contributed by atoms with van der Waals surface area (Å²) in [5.74, 6) is 0.168. The predicted molar refractivity (Wildman–Crippen MR) is 75.8 cm³/mol. The van der Waals surface area contributed by atoms with E-state index in [1.807, 2.05) is 12.3 Å². The minimum atomic E-state index is 0.128. The highest BCUT2D eigenvalue weighted by atomic mass is 32.1. The van der Waals surface area contributed by atoms with E-state index >= 15 is 0 Å². The molecule has 1 aliphatic heterocycles. The first-order valence-corrected chi connectivity index (χ1v) is 7.75. The maximum Gasteiger partial charge on any atom is 0.220 e. The molecule has 1 aliphatic rings. The van der Waals surface area contributed by atoms with Gasteiger partial charge in [0.25, 0.3) is 0 Å². The lowest BCUT2D eigenvalue weighted by Gasteiger charge is -2.23. The van der Waals surface area contributed by atoms with E-state index in [0.29, 0.717) is 12.5 Å². The van der Waals surface area contributed by atoms with Gasteiger partial charge in [0.2, 0.25) is 5.91 Å². The number of amides is 1. The van der Waals surface area contributed by atoms with Gasteiger partial charge in [0.05, 0.1) is 6.04 Å². The van der Waals surface area contributed by atoms with Crippen molar-refractivity contribution >= 4 is 17.2 Å². The molecule has 1 fully saturated rings. The van der Waals surface area contributed by atoms with Crippen molar-refractivity contribution < 1.29 is 4.79 Å². The molecule has 0 spiro atoms. The Kier molecular flexibility index (Phi) is 5.20. The van der Waals surface area contributed by atoms with Gasteiger partial charge < -0.3 is 10.6 Å². The summed E-state index contributed by atoms with van der Waals surface area (Å²) in [6, 6.07) is 2.74. The topological polar surface area (TPSA) is 41.1 Å². The highest BCUT2D eigenvalue weighted by Crippen LogP contribution is 2.16. The molecule has 0 radical (unpaired) electrons. The summed E-state index contributed by atoms with van der Waals surface area (Å²) >= 11 is 1.67. The average molecular weight is 266 g/mol. The van der Waals surface area contributed by atoms with Crippen LogP contribution < -0.4 is 10.6 Å². The van der Waals surface area contributed by atoms with Gasteiger partial charge in [-0.15, -0.1) is 0 Å². The first-order valence-electron chi connectivity index (χ1n) is 6.80. The molecule has 1 amide bonds. The first-order chi connectivity index (χ1) is 8.75. The molecule has 2 unspecified atom stereocenters. The van der Waals surface area contributed by atoms with E-state index in [2.05, 4.69) is 22.1 Å². The molecule has 0 saturated carbocycles. The van der Waals surface area contributed by atoms with E-state index in [4.69, 9.17) is 0 Å². The van der Waals surface area contributed by atoms with Gasteiger partial charge in [-0.2, -0.15) is 11.3 Å². The van der Waals surface area contributed by atoms with E-state index in [1.54, 1.807) is 11.3 Å². The fourth-order valence-corrected chi connectivity index (χ4v) is 3.15. The second-order valence-corrected chi connectivity index (χ2v) is 5.81. The summed E-state index contributed by atoms with van der Waals surface area (Å²) in [5.41, 5.74) is 1.20. The van der Waals surface area contributed by atoms with Crippen molar-refractivity contribution in [3.63, 3.8) is 0 Å². The molecule has 2 rings (SSSR count). The molecular weight excluding hydrogens is 244 g/mol. The van der Waals surface area contributed by atoms with E-state index in [1.165, 1.54) is 24.8 Å². The Bertz CT molecular complexity index is 358. The zero-order valence-corrected chi connectivity index (χ0v) is 11.8. The molecule has 1 aromatic rings. The van der Waals surface area contributed by atoms with Crippen LogP contribution in [0.25, 0.3) is 0 Å². The number of piperidine rings is 1. The largest absolute Gasteiger partial charge is 0.350 e. The Balaban J connectivity index is 1.68. The molecule has 18 heavy (non-hydrogen) atoms. The molecule has 4 heteroatoms. The van der Waals surface area contributed by atoms with Gasteiger partial charge in [0.15, 0.2) is 0 Å². The fourth-order valence-electron chi connectivity index (χ4n) is 2.39. The van der Waals surface area contributed by atoms with Gasteiger partial charge in [-0.3, -0.25) is 4.79 Å². The van der Waals surface area contributed by atoms with Crippen LogP contribution >= 0.6 is 11.3 Å². The predicted octanol–water partition coefficient (Wildman–Crippen LogP) is 2.85. The Labute approximate surface area is 113 Å². The van der Waals surface area contributed by atoms with Crippen LogP contribution in [-0.2, 0) is 4.79 Å². The molecule has 1 saturated heterocycles. The van der Waals surface area contributed by atoms with Gasteiger partial charge in [-0.05, 0) is 55.1 Å². The summed E-state index contributed by atoms with van der Waals surface area (Å²) in [6.07, 6.45) is 5.38. The number of carbonyl (C=O) groups is 1. The maximum absolute atomic E-state index is 11.9. The second-order valence-electron chi connectivity index (χ2n) is 5.03. The fraction of sp³-hybridized carbons (Fsp3) is 0.643. The van der Waals surface area contributed by atoms with Crippen LogP contribution in [0.15, 0.2) is 16.8 Å². The summed E-state index contributed by atoms with van der Waals surface area (Å²) in [7, 11) is 0. The summed E-state index contributed by atoms with van der Waals surface area (Å²) < 4.78 is 0. The zero-order valence-electron chi connectivity index (χ0n) is 10.9. The summed E-state index contributed by atoms with van der Waals surface area (Å²) in [6.45, 7) is 3.15. The van der Waals surface area contributed by atoms with Crippen molar-refractivity contribution in [3.05, 3.63) is 22.4 Å². The Hall–Kier alpha value is -0.870. The lowest BCUT2D eigenvalue weighted by molar-refractivity contribution is -0.122. The maximum atomic E-state index is 11.9. The third-order valence-electron chi connectivity index (χ3n) is 3.55. The molecule has 3 nitrogen and oxygen atoms in total. The van der Waals surface area contributed by atoms with Crippen molar-refractivity contribution in [3.8, 4) is 0 Å². The van der Waals surface area contributed by atoms with Crippen LogP contribution in [0.5, 0.6) is 0 Å². The van der Waals surface area contributed by atoms with E-state index in [-0.39, 0.29) is 11.9 Å². The van der Waals surface area contributed by atoms with E-state index in [9.17, 15) is 4.79 Å². The standard InChI is InChI=1S/C14H22N2OS/c1-11(12-7-9-18-10-12)16-14(17)6-5-13-4-2-3-8-15-13/h7,9-11,13,15H,2-6,8H2,1H3,(H,16,17). The number of carbonyl (C=O) groups excluding carboxylic acids is 1. The number of hydrogen-bond acceptors (Lipinski definition) is 3. The van der Waals surface area contributed by atoms with E-state index < -0.39 is 0 Å². The van der Waals surface area contributed by atoms with E-state index in [0.717, 1.165) is 13.0 Å². The third-order valence-corrected chi connectivity index (χ3v) is 4.25. The third kappa shape index (κ3) is 4.10. The highest BCUT2D eigenvalue weighted by Gasteiger charge is 2.15. The molecule has 2 N–H and O–H groups in total. The molecule has 0 aromatic carbocycles. The van der Waals surface area contributed by atoms with Crippen molar-refractivity contribution in [1.82, 2.24) is 10.6 Å². The lowest BCUT2D eigenvalue weighted by atomic mass is 10.0. The number of nitrogens with one attached hydrogen (secondary N) is 2. The Morgan fingerprint density at radius 1 is 1.61 bits per heavy atom. The van der Waals surface area contributed by atoms with Gasteiger partial charge in [0, 0.05) is 12.5 Å². The minimum absolute atomic E-state index is 0.128. The van der Waals surface area contributed by atoms with Crippen LogP contribution in [0.2, 0.25) is 0 Å². The molecule has 1 aromatic heterocycles. The molecule has 0 aliphatic carbocycles. The molecule has 2 atom stereocenters. The van der Waals surface area contributed by atoms with Gasteiger partial charge in [-0.1, -0.05) is 6.42 Å². The zero-order chi connectivity index (χ0) is 12.8. The minimum Gasteiger partial charge on any atom is -0.350 e. The quantitative estimate of drug-likeness (QED) is 0.860. The van der Waals surface area contributed by atoms with Crippen LogP contribution in [0.3, 0.4) is 0 Å². The second kappa shape index (κ2) is 6.90. The van der Waals surface area contributed by atoms with Crippen molar-refractivity contribution in [2.75, 3.05) is 6.54 Å². The normalized spacial score (nSPS) is 21.5. The highest BCUT2D eigenvalue weighted by molar-refractivity contribution is 7.07.